The number of hydrogen-bond acceptors (Lipinski definition) is 3. The van der Waals surface area contributed by atoms with E-state index in [1.54, 1.807) is 0 Å². The third kappa shape index (κ3) is 2.55. The molecule has 0 radical (unpaired) electrons. The van der Waals surface area contributed by atoms with Gasteiger partial charge in [0.25, 0.3) is 0 Å². The molecule has 1 saturated heterocycles. The lowest BCUT2D eigenvalue weighted by atomic mass is 9.81. The molecule has 3 aliphatic rings. The molecule has 3 rings (SSSR count). The fourth-order valence-corrected chi connectivity index (χ4v) is 3.62. The van der Waals surface area contributed by atoms with Crippen molar-refractivity contribution in [3.63, 3.8) is 0 Å². The number of carbonyl (C=O) groups excluding carboxylic acids is 2. The van der Waals surface area contributed by atoms with Crippen LogP contribution in [0.2, 0.25) is 0 Å². The van der Waals surface area contributed by atoms with Crippen LogP contribution in [0.15, 0.2) is 0 Å². The van der Waals surface area contributed by atoms with Crippen molar-refractivity contribution in [2.75, 3.05) is 6.54 Å². The van der Waals surface area contributed by atoms with Gasteiger partial charge in [-0.2, -0.15) is 0 Å². The van der Waals surface area contributed by atoms with Gasteiger partial charge in [0.1, 0.15) is 0 Å². The van der Waals surface area contributed by atoms with Gasteiger partial charge >= 0.3 is 0 Å². The fraction of sp³-hybridized carbons (Fsp3) is 0.867. The van der Waals surface area contributed by atoms with Crippen molar-refractivity contribution in [1.82, 2.24) is 10.2 Å². The van der Waals surface area contributed by atoms with Gasteiger partial charge in [0.2, 0.25) is 11.8 Å². The SMILES string of the molecule is CC1CC1N1CC(NC(=O)C2(N)CCCCC2)CC1=O. The number of carbonyl (C=O) groups is 2. The molecule has 3 N–H and O–H groups in total. The summed E-state index contributed by atoms with van der Waals surface area (Å²) in [6, 6.07) is 0.357. The summed E-state index contributed by atoms with van der Waals surface area (Å²) >= 11 is 0. The summed E-state index contributed by atoms with van der Waals surface area (Å²) in [4.78, 5) is 26.3. The van der Waals surface area contributed by atoms with Crippen LogP contribution < -0.4 is 11.1 Å². The Labute approximate surface area is 120 Å². The smallest absolute Gasteiger partial charge is 0.240 e. The number of rotatable bonds is 3. The summed E-state index contributed by atoms with van der Waals surface area (Å²) in [7, 11) is 0. The molecule has 20 heavy (non-hydrogen) atoms. The Hall–Kier alpha value is -1.10. The molecule has 0 bridgehead atoms. The Kier molecular flexibility index (Phi) is 3.48. The van der Waals surface area contributed by atoms with Crippen LogP contribution >= 0.6 is 0 Å². The lowest BCUT2D eigenvalue weighted by molar-refractivity contribution is -0.128. The van der Waals surface area contributed by atoms with E-state index in [1.165, 1.54) is 6.42 Å². The monoisotopic (exact) mass is 279 g/mol. The normalized spacial score (nSPS) is 36.0. The Morgan fingerprint density at radius 3 is 2.60 bits per heavy atom. The molecule has 0 aromatic heterocycles. The minimum atomic E-state index is -0.707. The Balaban J connectivity index is 1.56. The second-order valence-electron chi connectivity index (χ2n) is 6.92. The van der Waals surface area contributed by atoms with E-state index in [1.807, 2.05) is 4.90 Å². The van der Waals surface area contributed by atoms with Crippen LogP contribution in [0.25, 0.3) is 0 Å². The highest BCUT2D eigenvalue weighted by Gasteiger charge is 2.46. The molecular weight excluding hydrogens is 254 g/mol. The number of hydrogen-bond donors (Lipinski definition) is 2. The van der Waals surface area contributed by atoms with Crippen molar-refractivity contribution in [2.45, 2.75) is 69.5 Å². The van der Waals surface area contributed by atoms with Gasteiger partial charge in [0.05, 0.1) is 11.6 Å². The molecule has 2 saturated carbocycles. The first-order valence-corrected chi connectivity index (χ1v) is 7.89. The first-order chi connectivity index (χ1) is 9.49. The largest absolute Gasteiger partial charge is 0.349 e. The molecule has 5 nitrogen and oxygen atoms in total. The highest BCUT2D eigenvalue weighted by Crippen LogP contribution is 2.37. The third-order valence-electron chi connectivity index (χ3n) is 5.16. The van der Waals surface area contributed by atoms with Gasteiger partial charge in [-0.05, 0) is 25.2 Å². The van der Waals surface area contributed by atoms with E-state index < -0.39 is 5.54 Å². The van der Waals surface area contributed by atoms with E-state index in [0.29, 0.717) is 24.9 Å². The molecule has 0 aromatic rings. The minimum absolute atomic E-state index is 0.0508. The van der Waals surface area contributed by atoms with E-state index in [9.17, 15) is 9.59 Å². The summed E-state index contributed by atoms with van der Waals surface area (Å²) in [5.74, 6) is 0.743. The molecule has 2 amide bonds. The zero-order valence-corrected chi connectivity index (χ0v) is 12.2. The summed E-state index contributed by atoms with van der Waals surface area (Å²) in [5.41, 5.74) is 5.53. The van der Waals surface area contributed by atoms with E-state index in [0.717, 1.165) is 32.1 Å². The lowest BCUT2D eigenvalue weighted by Crippen LogP contribution is -2.57. The van der Waals surface area contributed by atoms with Crippen molar-refractivity contribution in [3.05, 3.63) is 0 Å². The molecular formula is C15H25N3O2. The maximum Gasteiger partial charge on any atom is 0.240 e. The number of nitrogens with two attached hydrogens (primary N) is 1. The molecule has 3 fully saturated rings. The standard InChI is InChI=1S/C15H25N3O2/c1-10-7-12(10)18-9-11(8-13(18)19)17-14(20)15(16)5-3-2-4-6-15/h10-12H,2-9,16H2,1H3,(H,17,20). The number of amides is 2. The predicted octanol–water partition coefficient (Wildman–Crippen LogP) is 0.773. The highest BCUT2D eigenvalue weighted by molar-refractivity contribution is 5.88. The van der Waals surface area contributed by atoms with Gasteiger partial charge in [-0.3, -0.25) is 9.59 Å². The van der Waals surface area contributed by atoms with Crippen LogP contribution in [0.5, 0.6) is 0 Å². The maximum atomic E-state index is 12.4. The van der Waals surface area contributed by atoms with Crippen molar-refractivity contribution < 1.29 is 9.59 Å². The number of nitrogens with zero attached hydrogens (tertiary/aromatic N) is 1. The third-order valence-corrected chi connectivity index (χ3v) is 5.16. The van der Waals surface area contributed by atoms with Gasteiger partial charge in [0.15, 0.2) is 0 Å². The molecule has 1 aliphatic heterocycles. The highest BCUT2D eigenvalue weighted by atomic mass is 16.2. The van der Waals surface area contributed by atoms with E-state index in [4.69, 9.17) is 5.73 Å². The van der Waals surface area contributed by atoms with Crippen LogP contribution in [0.1, 0.15) is 51.9 Å². The molecule has 3 atom stereocenters. The fourth-order valence-electron chi connectivity index (χ4n) is 3.62. The van der Waals surface area contributed by atoms with Gasteiger partial charge in [-0.15, -0.1) is 0 Å². The molecule has 0 aromatic carbocycles. The van der Waals surface area contributed by atoms with Gasteiger partial charge < -0.3 is 16.0 Å². The predicted molar refractivity (Wildman–Crippen MR) is 75.8 cm³/mol. The van der Waals surface area contributed by atoms with Crippen LogP contribution in [0.3, 0.4) is 0 Å². The van der Waals surface area contributed by atoms with E-state index >= 15 is 0 Å². The van der Waals surface area contributed by atoms with E-state index in [2.05, 4.69) is 12.2 Å². The van der Waals surface area contributed by atoms with Crippen molar-refractivity contribution >= 4 is 11.8 Å². The molecule has 2 aliphatic carbocycles. The zero-order valence-electron chi connectivity index (χ0n) is 12.2. The van der Waals surface area contributed by atoms with Crippen molar-refractivity contribution in [2.24, 2.45) is 11.7 Å². The first-order valence-electron chi connectivity index (χ1n) is 7.89. The van der Waals surface area contributed by atoms with Gasteiger partial charge in [-0.1, -0.05) is 26.2 Å². The zero-order chi connectivity index (χ0) is 14.3. The molecule has 5 heteroatoms. The van der Waals surface area contributed by atoms with E-state index in [-0.39, 0.29) is 17.9 Å². The molecule has 0 spiro atoms. The average Bonchev–Trinajstić information content (AvgIpc) is 3.01. The van der Waals surface area contributed by atoms with Crippen molar-refractivity contribution in [1.29, 1.82) is 0 Å². The van der Waals surface area contributed by atoms with Crippen LogP contribution in [-0.4, -0.2) is 40.9 Å². The molecule has 3 unspecified atom stereocenters. The maximum absolute atomic E-state index is 12.4. The van der Waals surface area contributed by atoms with Crippen LogP contribution in [0.4, 0.5) is 0 Å². The summed E-state index contributed by atoms with van der Waals surface area (Å²) in [6.45, 7) is 2.83. The minimum Gasteiger partial charge on any atom is -0.349 e. The topological polar surface area (TPSA) is 75.4 Å². The van der Waals surface area contributed by atoms with Crippen LogP contribution in [-0.2, 0) is 9.59 Å². The molecule has 112 valence electrons. The van der Waals surface area contributed by atoms with Gasteiger partial charge in [-0.25, -0.2) is 0 Å². The summed E-state index contributed by atoms with van der Waals surface area (Å²) in [5, 5.41) is 3.02. The average molecular weight is 279 g/mol. The second-order valence-corrected chi connectivity index (χ2v) is 6.92. The Bertz CT molecular complexity index is 417. The van der Waals surface area contributed by atoms with Crippen molar-refractivity contribution in [3.8, 4) is 0 Å². The Morgan fingerprint density at radius 2 is 2.00 bits per heavy atom. The first kappa shape index (κ1) is 13.9. The number of nitrogens with one attached hydrogen (secondary N) is 1. The lowest BCUT2D eigenvalue weighted by Gasteiger charge is -2.32. The molecule has 1 heterocycles. The van der Waals surface area contributed by atoms with Gasteiger partial charge in [0, 0.05) is 19.0 Å². The quantitative estimate of drug-likeness (QED) is 0.801. The number of likely N-dealkylation sites (tertiary alicyclic amines) is 1. The second kappa shape index (κ2) is 5.02. The van der Waals surface area contributed by atoms with Crippen LogP contribution in [0, 0.1) is 5.92 Å². The summed E-state index contributed by atoms with van der Waals surface area (Å²) < 4.78 is 0. The summed E-state index contributed by atoms with van der Waals surface area (Å²) in [6.07, 6.45) is 6.30. The Morgan fingerprint density at radius 1 is 1.35 bits per heavy atom.